The molecule has 82 valence electrons. The third-order valence-corrected chi connectivity index (χ3v) is 2.38. The quantitative estimate of drug-likeness (QED) is 0.483. The van der Waals surface area contributed by atoms with Crippen LogP contribution in [0.5, 0.6) is 0 Å². The topological polar surface area (TPSA) is 65.1 Å². The highest BCUT2D eigenvalue weighted by Gasteiger charge is 2.49. The lowest BCUT2D eigenvalue weighted by Gasteiger charge is -2.25. The lowest BCUT2D eigenvalue weighted by molar-refractivity contribution is -0.163. The van der Waals surface area contributed by atoms with E-state index in [9.17, 15) is 9.59 Å². The van der Waals surface area contributed by atoms with Crippen LogP contribution in [0.1, 0.15) is 13.8 Å². The van der Waals surface area contributed by atoms with Gasteiger partial charge in [-0.3, -0.25) is 4.79 Å². The van der Waals surface area contributed by atoms with Gasteiger partial charge in [-0.05, 0) is 13.0 Å². The summed E-state index contributed by atoms with van der Waals surface area (Å²) < 4.78 is 15.3. The molecule has 4 atom stereocenters. The highest BCUT2D eigenvalue weighted by molar-refractivity contribution is 5.83. The molecule has 0 radical (unpaired) electrons. The Morgan fingerprint density at radius 2 is 2.13 bits per heavy atom. The Balaban J connectivity index is 2.07. The van der Waals surface area contributed by atoms with Crippen molar-refractivity contribution in [2.24, 2.45) is 0 Å². The molecule has 5 heteroatoms. The minimum atomic E-state index is -0.532. The molecule has 0 aromatic carbocycles. The van der Waals surface area contributed by atoms with E-state index in [0.717, 1.165) is 0 Å². The molecule has 0 aliphatic carbocycles. The normalized spacial score (nSPS) is 38.4. The minimum Gasteiger partial charge on any atom is -0.454 e. The van der Waals surface area contributed by atoms with E-state index in [0.29, 0.717) is 0 Å². The highest BCUT2D eigenvalue weighted by Crippen LogP contribution is 2.31. The summed E-state index contributed by atoms with van der Waals surface area (Å²) in [7, 11) is 0. The molecule has 2 aliphatic rings. The fraction of sp³-hybridized carbons (Fsp3) is 0.600. The van der Waals surface area contributed by atoms with Gasteiger partial charge in [-0.15, -0.1) is 0 Å². The zero-order valence-electron chi connectivity index (χ0n) is 8.51. The molecular weight excluding hydrogens is 200 g/mol. The Morgan fingerprint density at radius 1 is 1.47 bits per heavy atom. The summed E-state index contributed by atoms with van der Waals surface area (Å²) in [6.45, 7) is 3.19. The zero-order valence-corrected chi connectivity index (χ0v) is 8.51. The van der Waals surface area contributed by atoms with Crippen LogP contribution in [0.4, 0.5) is 0 Å². The molecule has 0 amide bonds. The van der Waals surface area contributed by atoms with Crippen molar-refractivity contribution in [2.45, 2.75) is 38.3 Å². The van der Waals surface area contributed by atoms with Crippen molar-refractivity contribution >= 4 is 11.9 Å². The average Bonchev–Trinajstić information content (AvgIpc) is 2.85. The van der Waals surface area contributed by atoms with Crippen LogP contribution in [0, 0.1) is 0 Å². The lowest BCUT2D eigenvalue weighted by atomic mass is 10.1. The number of hydrogen-bond donors (Lipinski definition) is 0. The molecule has 2 aliphatic heterocycles. The highest BCUT2D eigenvalue weighted by atomic mass is 16.6. The number of carbonyl (C=O) groups excluding carboxylic acids is 2. The van der Waals surface area contributed by atoms with Gasteiger partial charge in [0.2, 0.25) is 0 Å². The summed E-state index contributed by atoms with van der Waals surface area (Å²) in [6, 6.07) is 0. The van der Waals surface area contributed by atoms with Crippen molar-refractivity contribution in [3.05, 3.63) is 12.2 Å². The van der Waals surface area contributed by atoms with E-state index in [-0.39, 0.29) is 12.2 Å². The summed E-state index contributed by atoms with van der Waals surface area (Å²) in [5.41, 5.74) is 0. The molecule has 0 bridgehead atoms. The first-order valence-corrected chi connectivity index (χ1v) is 4.79. The van der Waals surface area contributed by atoms with E-state index >= 15 is 0 Å². The molecule has 15 heavy (non-hydrogen) atoms. The van der Waals surface area contributed by atoms with Crippen molar-refractivity contribution in [1.82, 2.24) is 0 Å². The number of hydrogen-bond acceptors (Lipinski definition) is 5. The first-order chi connectivity index (χ1) is 7.08. The number of cyclic esters (lactones) is 1. The van der Waals surface area contributed by atoms with Gasteiger partial charge >= 0.3 is 11.9 Å². The molecule has 0 aromatic rings. The Labute approximate surface area is 87.0 Å². The van der Waals surface area contributed by atoms with Gasteiger partial charge in [0.15, 0.2) is 12.2 Å². The Bertz CT molecular complexity index is 322. The van der Waals surface area contributed by atoms with E-state index in [4.69, 9.17) is 14.2 Å². The van der Waals surface area contributed by atoms with Gasteiger partial charge in [-0.25, -0.2) is 4.79 Å². The van der Waals surface area contributed by atoms with Gasteiger partial charge in [-0.1, -0.05) is 0 Å². The van der Waals surface area contributed by atoms with Gasteiger partial charge in [-0.2, -0.15) is 0 Å². The predicted molar refractivity (Wildman–Crippen MR) is 48.9 cm³/mol. The van der Waals surface area contributed by atoms with Gasteiger partial charge < -0.3 is 14.2 Å². The van der Waals surface area contributed by atoms with E-state index in [2.05, 4.69) is 0 Å². The summed E-state index contributed by atoms with van der Waals surface area (Å²) in [6.07, 6.45) is 1.64. The first-order valence-electron chi connectivity index (χ1n) is 4.79. The largest absolute Gasteiger partial charge is 0.454 e. The van der Waals surface area contributed by atoms with E-state index < -0.39 is 24.1 Å². The molecule has 1 fully saturated rings. The van der Waals surface area contributed by atoms with Crippen LogP contribution in [0.15, 0.2) is 12.2 Å². The first kappa shape index (κ1) is 10.2. The van der Waals surface area contributed by atoms with Gasteiger partial charge in [0.05, 0.1) is 6.10 Å². The molecule has 0 aromatic heterocycles. The maximum absolute atomic E-state index is 11.0. The number of rotatable bonds is 2. The zero-order chi connectivity index (χ0) is 11.0. The molecule has 2 rings (SSSR count). The van der Waals surface area contributed by atoms with Crippen molar-refractivity contribution in [2.75, 3.05) is 0 Å². The van der Waals surface area contributed by atoms with Gasteiger partial charge in [0.1, 0.15) is 6.10 Å². The van der Waals surface area contributed by atoms with Crippen LogP contribution in [-0.2, 0) is 23.8 Å². The van der Waals surface area contributed by atoms with E-state index in [1.54, 1.807) is 0 Å². The molecule has 0 N–H and O–H groups in total. The molecule has 0 spiro atoms. The van der Waals surface area contributed by atoms with Crippen LogP contribution in [0.3, 0.4) is 0 Å². The monoisotopic (exact) mass is 212 g/mol. The third-order valence-electron chi connectivity index (χ3n) is 2.38. The number of ether oxygens (including phenoxy) is 3. The molecule has 5 nitrogen and oxygen atoms in total. The van der Waals surface area contributed by atoms with Crippen LogP contribution in [0.25, 0.3) is 0 Å². The summed E-state index contributed by atoms with van der Waals surface area (Å²) in [4.78, 5) is 21.9. The summed E-state index contributed by atoms with van der Waals surface area (Å²) in [5.74, 6) is -0.827. The second kappa shape index (κ2) is 3.66. The molecule has 2 heterocycles. The Kier molecular flexibility index (Phi) is 2.48. The van der Waals surface area contributed by atoms with Crippen molar-refractivity contribution in [1.29, 1.82) is 0 Å². The fourth-order valence-electron chi connectivity index (χ4n) is 1.62. The van der Waals surface area contributed by atoms with Crippen LogP contribution in [0.2, 0.25) is 0 Å². The second-order valence-electron chi connectivity index (χ2n) is 3.64. The van der Waals surface area contributed by atoms with Gasteiger partial charge in [0, 0.05) is 13.0 Å². The lowest BCUT2D eigenvalue weighted by Crippen LogP contribution is -2.40. The minimum absolute atomic E-state index is 0.0485. The van der Waals surface area contributed by atoms with Crippen LogP contribution < -0.4 is 0 Å². The number of carbonyl (C=O) groups is 2. The number of esters is 2. The third kappa shape index (κ3) is 2.18. The van der Waals surface area contributed by atoms with Crippen molar-refractivity contribution in [3.8, 4) is 0 Å². The van der Waals surface area contributed by atoms with E-state index in [1.165, 1.54) is 19.1 Å². The second-order valence-corrected chi connectivity index (χ2v) is 3.64. The molecular formula is C10H12O5. The van der Waals surface area contributed by atoms with Gasteiger partial charge in [0.25, 0.3) is 0 Å². The maximum atomic E-state index is 11.0. The van der Waals surface area contributed by atoms with E-state index in [1.807, 2.05) is 6.92 Å². The SMILES string of the molecule is CC(=O)OC1C=CC(=O)O[C@@H]1[C@H]1O[C@@H]1C. The maximum Gasteiger partial charge on any atom is 0.331 e. The standard InChI is InChI=1S/C10H12O5/c1-5-9(13-5)10-7(14-6(2)11)3-4-8(12)15-10/h3-5,7,9-10H,1-2H3/t5-,7?,9+,10+/m1/s1. The smallest absolute Gasteiger partial charge is 0.331 e. The summed E-state index contributed by atoms with van der Waals surface area (Å²) >= 11 is 0. The fourth-order valence-corrected chi connectivity index (χ4v) is 1.62. The summed E-state index contributed by atoms with van der Waals surface area (Å²) in [5, 5.41) is 0. The number of epoxide rings is 1. The molecule has 0 saturated carbocycles. The Hall–Kier alpha value is -1.36. The average molecular weight is 212 g/mol. The van der Waals surface area contributed by atoms with Crippen LogP contribution >= 0.6 is 0 Å². The van der Waals surface area contributed by atoms with Crippen molar-refractivity contribution < 1.29 is 23.8 Å². The Morgan fingerprint density at radius 3 is 2.67 bits per heavy atom. The van der Waals surface area contributed by atoms with Crippen molar-refractivity contribution in [3.63, 3.8) is 0 Å². The molecule has 1 unspecified atom stereocenters. The molecule has 1 saturated heterocycles. The van der Waals surface area contributed by atoms with Crippen LogP contribution in [-0.4, -0.2) is 36.4 Å². The predicted octanol–water partition coefficient (Wildman–Crippen LogP) is 0.187.